The van der Waals surface area contributed by atoms with E-state index in [0.717, 1.165) is 23.1 Å². The highest BCUT2D eigenvalue weighted by atomic mass is 16.5. The predicted octanol–water partition coefficient (Wildman–Crippen LogP) is 2.71. The molecule has 0 aromatic heterocycles. The summed E-state index contributed by atoms with van der Waals surface area (Å²) in [6.45, 7) is 3.07. The maximum atomic E-state index is 9.31. The van der Waals surface area contributed by atoms with Crippen LogP contribution >= 0.6 is 0 Å². The van der Waals surface area contributed by atoms with Crippen LogP contribution in [0.2, 0.25) is 0 Å². The van der Waals surface area contributed by atoms with Gasteiger partial charge in [0.2, 0.25) is 0 Å². The van der Waals surface area contributed by atoms with Crippen LogP contribution in [0.3, 0.4) is 0 Å². The summed E-state index contributed by atoms with van der Waals surface area (Å²) in [6.07, 6.45) is 6.16. The maximum Gasteiger partial charge on any atom is 0.148 e. The molecule has 3 heteroatoms. The Morgan fingerprint density at radius 1 is 1.29 bits per heavy atom. The van der Waals surface area contributed by atoms with Gasteiger partial charge >= 0.3 is 0 Å². The predicted molar refractivity (Wildman–Crippen MR) is 86.3 cm³/mol. The lowest BCUT2D eigenvalue weighted by Crippen LogP contribution is -2.31. The van der Waals surface area contributed by atoms with E-state index in [1.165, 1.54) is 5.39 Å². The molecule has 0 spiro atoms. The van der Waals surface area contributed by atoms with Gasteiger partial charge in [0.15, 0.2) is 0 Å². The number of aliphatic hydroxyl groups excluding tert-OH is 1. The number of benzene rings is 2. The second-order valence-corrected chi connectivity index (χ2v) is 4.92. The fourth-order valence-electron chi connectivity index (χ4n) is 2.34. The van der Waals surface area contributed by atoms with Crippen LogP contribution in [0.4, 0.5) is 0 Å². The quantitative estimate of drug-likeness (QED) is 0.768. The van der Waals surface area contributed by atoms with E-state index in [-0.39, 0.29) is 19.3 Å². The van der Waals surface area contributed by atoms with Crippen molar-refractivity contribution in [1.82, 2.24) is 5.32 Å². The second-order valence-electron chi connectivity index (χ2n) is 4.92. The van der Waals surface area contributed by atoms with E-state index in [1.807, 2.05) is 31.2 Å². The standard InChI is InChI=1S/C18H21NO2/c1-3-11-21-18-10-9-14-7-5-6-8-16(14)17(18)12-19-15(4-2)13-20/h1,5-10,15,19-20H,4,11-13H2,2H3/t15-/m0/s1. The number of nitrogens with one attached hydrogen (secondary N) is 1. The van der Waals surface area contributed by atoms with Gasteiger partial charge in [-0.1, -0.05) is 43.2 Å². The monoisotopic (exact) mass is 283 g/mol. The lowest BCUT2D eigenvalue weighted by atomic mass is 10.0. The summed E-state index contributed by atoms with van der Waals surface area (Å²) in [6, 6.07) is 12.3. The van der Waals surface area contributed by atoms with Crippen molar-refractivity contribution >= 4 is 10.8 Å². The molecule has 0 fully saturated rings. The van der Waals surface area contributed by atoms with E-state index >= 15 is 0 Å². The van der Waals surface area contributed by atoms with Gasteiger partial charge in [-0.05, 0) is 23.3 Å². The molecule has 2 aromatic carbocycles. The van der Waals surface area contributed by atoms with Crippen LogP contribution in [0.15, 0.2) is 36.4 Å². The van der Waals surface area contributed by atoms with Crippen LogP contribution in [0, 0.1) is 12.3 Å². The summed E-state index contributed by atoms with van der Waals surface area (Å²) >= 11 is 0. The Balaban J connectivity index is 2.33. The molecule has 0 aliphatic carbocycles. The van der Waals surface area contributed by atoms with Crippen molar-refractivity contribution in [3.63, 3.8) is 0 Å². The minimum absolute atomic E-state index is 0.0875. The van der Waals surface area contributed by atoms with Gasteiger partial charge < -0.3 is 15.2 Å². The molecule has 0 radical (unpaired) electrons. The zero-order chi connectivity index (χ0) is 15.1. The molecular weight excluding hydrogens is 262 g/mol. The van der Waals surface area contributed by atoms with Crippen LogP contribution < -0.4 is 10.1 Å². The summed E-state index contributed by atoms with van der Waals surface area (Å²) in [5.74, 6) is 3.29. The molecule has 2 N–H and O–H groups in total. The fourth-order valence-corrected chi connectivity index (χ4v) is 2.34. The average molecular weight is 283 g/mol. The summed E-state index contributed by atoms with van der Waals surface area (Å²) in [5.41, 5.74) is 1.08. The molecule has 0 saturated carbocycles. The van der Waals surface area contributed by atoms with Crippen molar-refractivity contribution in [1.29, 1.82) is 0 Å². The Kier molecular flexibility index (Phi) is 5.62. The normalized spacial score (nSPS) is 12.0. The van der Waals surface area contributed by atoms with Gasteiger partial charge in [0.25, 0.3) is 0 Å². The first-order chi connectivity index (χ1) is 10.3. The lowest BCUT2D eigenvalue weighted by molar-refractivity contribution is 0.238. The average Bonchev–Trinajstić information content (AvgIpc) is 2.54. The van der Waals surface area contributed by atoms with Crippen LogP contribution in [-0.4, -0.2) is 24.4 Å². The van der Waals surface area contributed by atoms with Crippen LogP contribution in [0.1, 0.15) is 18.9 Å². The van der Waals surface area contributed by atoms with E-state index in [2.05, 4.69) is 23.4 Å². The molecule has 21 heavy (non-hydrogen) atoms. The van der Waals surface area contributed by atoms with Crippen molar-refractivity contribution < 1.29 is 9.84 Å². The lowest BCUT2D eigenvalue weighted by Gasteiger charge is -2.17. The molecule has 2 aromatic rings. The minimum atomic E-state index is 0.0875. The second kappa shape index (κ2) is 7.68. The molecular formula is C18H21NO2. The third-order valence-electron chi connectivity index (χ3n) is 3.59. The fraction of sp³-hybridized carbons (Fsp3) is 0.333. The van der Waals surface area contributed by atoms with E-state index in [0.29, 0.717) is 6.54 Å². The smallest absolute Gasteiger partial charge is 0.148 e. The minimum Gasteiger partial charge on any atom is -0.481 e. The first kappa shape index (κ1) is 15.4. The van der Waals surface area contributed by atoms with Gasteiger partial charge in [0.05, 0.1) is 6.61 Å². The number of hydrogen-bond acceptors (Lipinski definition) is 3. The number of terminal acetylenes is 1. The Bertz CT molecular complexity index is 627. The Morgan fingerprint density at radius 2 is 2.10 bits per heavy atom. The molecule has 1 atom stereocenters. The molecule has 0 saturated heterocycles. The molecule has 110 valence electrons. The number of hydrogen-bond donors (Lipinski definition) is 2. The molecule has 0 aliphatic rings. The third-order valence-corrected chi connectivity index (χ3v) is 3.59. The van der Waals surface area contributed by atoms with Gasteiger partial charge in [0, 0.05) is 18.2 Å². The first-order valence-corrected chi connectivity index (χ1v) is 7.21. The highest BCUT2D eigenvalue weighted by Gasteiger charge is 2.11. The number of fused-ring (bicyclic) bond motifs is 1. The summed E-state index contributed by atoms with van der Waals surface area (Å²) in [5, 5.41) is 15.0. The highest BCUT2D eigenvalue weighted by Crippen LogP contribution is 2.28. The molecule has 2 rings (SSSR count). The SMILES string of the molecule is C#CCOc1ccc2ccccc2c1CN[C@@H](CC)CO. The van der Waals surface area contributed by atoms with Crippen molar-refractivity contribution in [2.45, 2.75) is 25.9 Å². The van der Waals surface area contributed by atoms with Crippen molar-refractivity contribution in [2.24, 2.45) is 0 Å². The van der Waals surface area contributed by atoms with Gasteiger partial charge in [0.1, 0.15) is 12.4 Å². The Hall–Kier alpha value is -2.02. The van der Waals surface area contributed by atoms with Gasteiger partial charge in [-0.25, -0.2) is 0 Å². The topological polar surface area (TPSA) is 41.5 Å². The number of ether oxygens (including phenoxy) is 1. The molecule has 0 amide bonds. The summed E-state index contributed by atoms with van der Waals surface area (Å²) in [7, 11) is 0. The van der Waals surface area contributed by atoms with Crippen LogP contribution in [0.5, 0.6) is 5.75 Å². The van der Waals surface area contributed by atoms with Crippen molar-refractivity contribution in [3.05, 3.63) is 42.0 Å². The summed E-state index contributed by atoms with van der Waals surface area (Å²) < 4.78 is 5.66. The first-order valence-electron chi connectivity index (χ1n) is 7.21. The number of aliphatic hydroxyl groups is 1. The zero-order valence-electron chi connectivity index (χ0n) is 12.3. The molecule has 0 aliphatic heterocycles. The molecule has 0 unspecified atom stereocenters. The maximum absolute atomic E-state index is 9.31. The van der Waals surface area contributed by atoms with E-state index in [1.54, 1.807) is 0 Å². The van der Waals surface area contributed by atoms with E-state index in [4.69, 9.17) is 11.2 Å². The van der Waals surface area contributed by atoms with Crippen LogP contribution in [-0.2, 0) is 6.54 Å². The third kappa shape index (κ3) is 3.75. The van der Waals surface area contributed by atoms with Crippen molar-refractivity contribution in [3.8, 4) is 18.1 Å². The van der Waals surface area contributed by atoms with E-state index in [9.17, 15) is 5.11 Å². The van der Waals surface area contributed by atoms with Crippen molar-refractivity contribution in [2.75, 3.05) is 13.2 Å². The molecule has 0 bridgehead atoms. The van der Waals surface area contributed by atoms with E-state index < -0.39 is 0 Å². The zero-order valence-corrected chi connectivity index (χ0v) is 12.3. The van der Waals surface area contributed by atoms with Crippen LogP contribution in [0.25, 0.3) is 10.8 Å². The van der Waals surface area contributed by atoms with Gasteiger partial charge in [-0.15, -0.1) is 6.42 Å². The highest BCUT2D eigenvalue weighted by molar-refractivity contribution is 5.87. The van der Waals surface area contributed by atoms with Gasteiger partial charge in [-0.3, -0.25) is 0 Å². The largest absolute Gasteiger partial charge is 0.481 e. The molecule has 0 heterocycles. The Morgan fingerprint density at radius 3 is 2.81 bits per heavy atom. The summed E-state index contributed by atoms with van der Waals surface area (Å²) in [4.78, 5) is 0. The Labute approximate surface area is 125 Å². The van der Waals surface area contributed by atoms with Gasteiger partial charge in [-0.2, -0.15) is 0 Å². The molecule has 3 nitrogen and oxygen atoms in total. The number of rotatable bonds is 7.